The topological polar surface area (TPSA) is 81.9 Å². The number of ether oxygens (including phenoxy) is 2. The molecule has 0 atom stereocenters. The van der Waals surface area contributed by atoms with E-state index in [1.165, 1.54) is 18.2 Å². The van der Waals surface area contributed by atoms with E-state index in [9.17, 15) is 14.9 Å². The van der Waals surface area contributed by atoms with E-state index < -0.39 is 4.92 Å². The van der Waals surface area contributed by atoms with Crippen molar-refractivity contribution in [2.45, 2.75) is 6.42 Å². The Morgan fingerprint density at radius 3 is 2.81 bits per heavy atom. The highest BCUT2D eigenvalue weighted by Gasteiger charge is 2.16. The van der Waals surface area contributed by atoms with Crippen LogP contribution in [0, 0.1) is 10.1 Å². The minimum Gasteiger partial charge on any atom is -0.487 e. The van der Waals surface area contributed by atoms with Crippen LogP contribution in [-0.4, -0.2) is 55.6 Å². The second-order valence-corrected chi connectivity index (χ2v) is 4.76. The van der Waals surface area contributed by atoms with Gasteiger partial charge in [0.2, 0.25) is 0 Å². The van der Waals surface area contributed by atoms with Crippen LogP contribution < -0.4 is 4.74 Å². The maximum absolute atomic E-state index is 10.9. The van der Waals surface area contributed by atoms with E-state index in [0.29, 0.717) is 18.5 Å². The van der Waals surface area contributed by atoms with Gasteiger partial charge in [0.15, 0.2) is 5.75 Å². The molecule has 0 unspecified atom stereocenters. The van der Waals surface area contributed by atoms with Crippen molar-refractivity contribution in [3.05, 3.63) is 33.9 Å². The van der Waals surface area contributed by atoms with Gasteiger partial charge in [0.05, 0.1) is 24.7 Å². The number of benzene rings is 1. The molecule has 1 saturated heterocycles. The lowest BCUT2D eigenvalue weighted by molar-refractivity contribution is -0.385. The monoisotopic (exact) mass is 294 g/mol. The number of morpholine rings is 1. The number of rotatable bonds is 7. The molecule has 7 nitrogen and oxygen atoms in total. The fourth-order valence-corrected chi connectivity index (χ4v) is 2.17. The van der Waals surface area contributed by atoms with Gasteiger partial charge in [-0.25, -0.2) is 0 Å². The summed E-state index contributed by atoms with van der Waals surface area (Å²) in [6, 6.07) is 4.10. The summed E-state index contributed by atoms with van der Waals surface area (Å²) in [5, 5.41) is 10.9. The molecule has 0 radical (unpaired) electrons. The molecule has 1 aliphatic heterocycles. The molecule has 0 N–H and O–H groups in total. The molecule has 114 valence electrons. The Balaban J connectivity index is 1.86. The first-order chi connectivity index (χ1) is 10.2. The van der Waals surface area contributed by atoms with Gasteiger partial charge in [-0.1, -0.05) is 0 Å². The quantitative estimate of drug-likeness (QED) is 0.328. The molecule has 0 saturated carbocycles. The van der Waals surface area contributed by atoms with Gasteiger partial charge < -0.3 is 9.47 Å². The number of carbonyl (C=O) groups is 1. The second kappa shape index (κ2) is 7.70. The molecular weight excluding hydrogens is 276 g/mol. The Morgan fingerprint density at radius 1 is 1.38 bits per heavy atom. The Kier molecular flexibility index (Phi) is 5.65. The molecule has 1 aromatic rings. The van der Waals surface area contributed by atoms with E-state index in [1.807, 2.05) is 0 Å². The van der Waals surface area contributed by atoms with E-state index >= 15 is 0 Å². The maximum Gasteiger partial charge on any atom is 0.310 e. The number of nitro groups is 1. The lowest BCUT2D eigenvalue weighted by Crippen LogP contribution is -2.37. The van der Waals surface area contributed by atoms with Crippen molar-refractivity contribution in [3.63, 3.8) is 0 Å². The number of carbonyl (C=O) groups excluding carboxylic acids is 1. The highest BCUT2D eigenvalue weighted by molar-refractivity contribution is 5.76. The first-order valence-corrected chi connectivity index (χ1v) is 6.87. The molecule has 1 aliphatic rings. The summed E-state index contributed by atoms with van der Waals surface area (Å²) in [5.74, 6) is 0.145. The van der Waals surface area contributed by atoms with E-state index in [2.05, 4.69) is 4.90 Å². The highest BCUT2D eigenvalue weighted by Crippen LogP contribution is 2.27. The summed E-state index contributed by atoms with van der Waals surface area (Å²) < 4.78 is 10.7. The molecule has 0 spiro atoms. The van der Waals surface area contributed by atoms with Gasteiger partial charge in [0.25, 0.3) is 0 Å². The van der Waals surface area contributed by atoms with Crippen molar-refractivity contribution >= 4 is 12.0 Å². The Hall–Kier alpha value is -1.99. The van der Waals surface area contributed by atoms with E-state index in [4.69, 9.17) is 9.47 Å². The zero-order valence-corrected chi connectivity index (χ0v) is 11.7. The molecule has 1 fully saturated rings. The van der Waals surface area contributed by atoms with E-state index in [-0.39, 0.29) is 11.4 Å². The molecule has 0 bridgehead atoms. The summed E-state index contributed by atoms with van der Waals surface area (Å²) in [6.07, 6.45) is 1.41. The van der Waals surface area contributed by atoms with Crippen LogP contribution in [-0.2, 0) is 4.74 Å². The van der Waals surface area contributed by atoms with Gasteiger partial charge >= 0.3 is 5.69 Å². The van der Waals surface area contributed by atoms with Crippen LogP contribution in [0.1, 0.15) is 16.8 Å². The zero-order valence-electron chi connectivity index (χ0n) is 11.7. The first kappa shape index (κ1) is 15.4. The van der Waals surface area contributed by atoms with Crippen molar-refractivity contribution in [1.29, 1.82) is 0 Å². The predicted molar refractivity (Wildman–Crippen MR) is 75.9 cm³/mol. The molecule has 1 heterocycles. The largest absolute Gasteiger partial charge is 0.487 e. The molecular formula is C14H18N2O5. The van der Waals surface area contributed by atoms with Crippen LogP contribution in [0.15, 0.2) is 18.2 Å². The Bertz CT molecular complexity index is 500. The molecule has 0 aliphatic carbocycles. The summed E-state index contributed by atoms with van der Waals surface area (Å²) >= 11 is 0. The van der Waals surface area contributed by atoms with Crippen LogP contribution in [0.25, 0.3) is 0 Å². The smallest absolute Gasteiger partial charge is 0.310 e. The van der Waals surface area contributed by atoms with Crippen molar-refractivity contribution < 1.29 is 19.2 Å². The van der Waals surface area contributed by atoms with Crippen molar-refractivity contribution in [2.75, 3.05) is 39.5 Å². The standard InChI is InChI=1S/C14H18N2O5/c17-11-12-2-3-13(16(18)19)14(10-12)21-7-1-4-15-5-8-20-9-6-15/h2-3,10-11H,1,4-9H2. The molecule has 7 heteroatoms. The third-order valence-electron chi connectivity index (χ3n) is 3.30. The molecule has 0 amide bonds. The number of nitro benzene ring substituents is 1. The zero-order chi connectivity index (χ0) is 15.1. The van der Waals surface area contributed by atoms with Crippen molar-refractivity contribution in [1.82, 2.24) is 4.90 Å². The number of hydrogen-bond donors (Lipinski definition) is 0. The highest BCUT2D eigenvalue weighted by atomic mass is 16.6. The van der Waals surface area contributed by atoms with Gasteiger partial charge in [-0.3, -0.25) is 19.8 Å². The van der Waals surface area contributed by atoms with Gasteiger partial charge in [0, 0.05) is 31.3 Å². The molecule has 2 rings (SSSR count). The van der Waals surface area contributed by atoms with Gasteiger partial charge in [-0.15, -0.1) is 0 Å². The minimum atomic E-state index is -0.508. The minimum absolute atomic E-state index is 0.119. The van der Waals surface area contributed by atoms with Crippen LogP contribution in [0.4, 0.5) is 5.69 Å². The number of aldehydes is 1. The SMILES string of the molecule is O=Cc1ccc([N+](=O)[O-])c(OCCCN2CCOCC2)c1. The third-order valence-corrected chi connectivity index (χ3v) is 3.30. The fourth-order valence-electron chi connectivity index (χ4n) is 2.17. The normalized spacial score (nSPS) is 15.6. The number of nitrogens with zero attached hydrogens (tertiary/aromatic N) is 2. The lowest BCUT2D eigenvalue weighted by Gasteiger charge is -2.26. The molecule has 1 aromatic carbocycles. The average Bonchev–Trinajstić information content (AvgIpc) is 2.52. The Morgan fingerprint density at radius 2 is 2.14 bits per heavy atom. The van der Waals surface area contributed by atoms with Crippen LogP contribution in [0.3, 0.4) is 0 Å². The molecule has 21 heavy (non-hydrogen) atoms. The second-order valence-electron chi connectivity index (χ2n) is 4.76. The average molecular weight is 294 g/mol. The van der Waals surface area contributed by atoms with Crippen LogP contribution in [0.5, 0.6) is 5.75 Å². The summed E-state index contributed by atoms with van der Waals surface area (Å²) in [7, 11) is 0. The van der Waals surface area contributed by atoms with Crippen molar-refractivity contribution in [2.24, 2.45) is 0 Å². The summed E-state index contributed by atoms with van der Waals surface area (Å²) in [4.78, 5) is 23.4. The molecule has 0 aromatic heterocycles. The lowest BCUT2D eigenvalue weighted by atomic mass is 10.2. The third kappa shape index (κ3) is 4.51. The van der Waals surface area contributed by atoms with Crippen molar-refractivity contribution in [3.8, 4) is 5.75 Å². The predicted octanol–water partition coefficient (Wildman–Crippen LogP) is 1.51. The summed E-state index contributed by atoms with van der Waals surface area (Å²) in [6.45, 7) is 4.54. The van der Waals surface area contributed by atoms with Gasteiger partial charge in [-0.2, -0.15) is 0 Å². The fraction of sp³-hybridized carbons (Fsp3) is 0.500. The Labute approximate surface area is 122 Å². The van der Waals surface area contributed by atoms with Gasteiger partial charge in [0.1, 0.15) is 6.29 Å². The van der Waals surface area contributed by atoms with Gasteiger partial charge in [-0.05, 0) is 18.6 Å². The number of hydrogen-bond acceptors (Lipinski definition) is 6. The first-order valence-electron chi connectivity index (χ1n) is 6.87. The maximum atomic E-state index is 10.9. The summed E-state index contributed by atoms with van der Waals surface area (Å²) in [5.41, 5.74) is 0.246. The van der Waals surface area contributed by atoms with Crippen LogP contribution in [0.2, 0.25) is 0 Å². The van der Waals surface area contributed by atoms with E-state index in [0.717, 1.165) is 39.3 Å². The van der Waals surface area contributed by atoms with Crippen LogP contribution >= 0.6 is 0 Å². The van der Waals surface area contributed by atoms with E-state index in [1.54, 1.807) is 0 Å².